The van der Waals surface area contributed by atoms with Gasteiger partial charge in [0.15, 0.2) is 0 Å². The van der Waals surface area contributed by atoms with Gasteiger partial charge in [0.1, 0.15) is 6.67 Å². The number of azide groups is 1. The van der Waals surface area contributed by atoms with Gasteiger partial charge in [0.05, 0.1) is 12.1 Å². The van der Waals surface area contributed by atoms with Gasteiger partial charge in [-0.3, -0.25) is 4.39 Å². The Morgan fingerprint density at radius 2 is 2.06 bits per heavy atom. The molecule has 0 saturated heterocycles. The van der Waals surface area contributed by atoms with Gasteiger partial charge in [0, 0.05) is 10.8 Å². The van der Waals surface area contributed by atoms with E-state index < -0.39 is 18.8 Å². The lowest BCUT2D eigenvalue weighted by atomic mass is 10.0. The molecular formula is C10H11ClFN3O. The Balaban J connectivity index is 2.85. The highest BCUT2D eigenvalue weighted by atomic mass is 35.5. The highest BCUT2D eigenvalue weighted by molar-refractivity contribution is 6.17. The van der Waals surface area contributed by atoms with Gasteiger partial charge < -0.3 is 5.11 Å². The molecule has 6 heteroatoms. The Kier molecular flexibility index (Phi) is 5.05. The fraction of sp³-hybridized carbons (Fsp3) is 0.400. The van der Waals surface area contributed by atoms with E-state index in [2.05, 4.69) is 10.0 Å². The Labute approximate surface area is 97.3 Å². The van der Waals surface area contributed by atoms with Gasteiger partial charge in [-0.2, -0.15) is 0 Å². The van der Waals surface area contributed by atoms with E-state index in [4.69, 9.17) is 17.1 Å². The maximum Gasteiger partial charge on any atom is 0.101 e. The molecule has 0 saturated carbocycles. The molecule has 0 aliphatic heterocycles. The first kappa shape index (κ1) is 12.8. The number of hydrogen-bond donors (Lipinski definition) is 1. The summed E-state index contributed by atoms with van der Waals surface area (Å²) in [7, 11) is 0. The second kappa shape index (κ2) is 6.33. The molecule has 4 nitrogen and oxygen atoms in total. The molecule has 1 aromatic carbocycles. The summed E-state index contributed by atoms with van der Waals surface area (Å²) in [6.07, 6.45) is -1.13. The van der Waals surface area contributed by atoms with Crippen molar-refractivity contribution < 1.29 is 9.50 Å². The van der Waals surface area contributed by atoms with Crippen LogP contribution in [0.4, 0.5) is 4.39 Å². The number of aliphatic hydroxyl groups is 1. The molecule has 1 rings (SSSR count). The highest BCUT2D eigenvalue weighted by Gasteiger charge is 2.19. The lowest BCUT2D eigenvalue weighted by Gasteiger charge is -2.15. The Morgan fingerprint density at radius 3 is 2.50 bits per heavy atom. The topological polar surface area (TPSA) is 69.0 Å². The van der Waals surface area contributed by atoms with Crippen LogP contribution in [0.1, 0.15) is 17.2 Å². The summed E-state index contributed by atoms with van der Waals surface area (Å²) < 4.78 is 12.5. The Hall–Kier alpha value is -1.29. The third kappa shape index (κ3) is 3.10. The minimum Gasteiger partial charge on any atom is -0.388 e. The van der Waals surface area contributed by atoms with Crippen LogP contribution in [-0.4, -0.2) is 17.8 Å². The summed E-state index contributed by atoms with van der Waals surface area (Å²) in [5.41, 5.74) is 9.61. The zero-order chi connectivity index (χ0) is 12.0. The first-order valence-corrected chi connectivity index (χ1v) is 5.19. The average molecular weight is 244 g/mol. The maximum absolute atomic E-state index is 12.5. The van der Waals surface area contributed by atoms with Crippen LogP contribution >= 0.6 is 11.6 Å². The predicted octanol–water partition coefficient (Wildman–Crippen LogP) is 3.11. The van der Waals surface area contributed by atoms with Crippen molar-refractivity contribution in [1.29, 1.82) is 0 Å². The number of rotatable bonds is 5. The van der Waals surface area contributed by atoms with E-state index in [1.165, 1.54) is 0 Å². The summed E-state index contributed by atoms with van der Waals surface area (Å²) in [5, 5.41) is 12.9. The molecule has 2 atom stereocenters. The zero-order valence-corrected chi connectivity index (χ0v) is 9.18. The van der Waals surface area contributed by atoms with Crippen molar-refractivity contribution in [3.05, 3.63) is 45.8 Å². The molecule has 86 valence electrons. The molecule has 0 unspecified atom stereocenters. The predicted molar refractivity (Wildman–Crippen MR) is 59.9 cm³/mol. The highest BCUT2D eigenvalue weighted by Crippen LogP contribution is 2.20. The van der Waals surface area contributed by atoms with Gasteiger partial charge in [0.25, 0.3) is 0 Å². The molecule has 0 aromatic heterocycles. The van der Waals surface area contributed by atoms with Gasteiger partial charge in [-0.05, 0) is 16.7 Å². The minimum atomic E-state index is -1.13. The molecule has 1 aromatic rings. The van der Waals surface area contributed by atoms with Crippen molar-refractivity contribution in [2.75, 3.05) is 6.67 Å². The Morgan fingerprint density at radius 1 is 1.44 bits per heavy atom. The molecule has 1 N–H and O–H groups in total. The van der Waals surface area contributed by atoms with Crippen molar-refractivity contribution in [1.82, 2.24) is 0 Å². The summed E-state index contributed by atoms with van der Waals surface area (Å²) >= 11 is 5.61. The van der Waals surface area contributed by atoms with E-state index >= 15 is 0 Å². The van der Waals surface area contributed by atoms with Gasteiger partial charge in [-0.15, -0.1) is 11.6 Å². The lowest BCUT2D eigenvalue weighted by Crippen LogP contribution is -2.17. The summed E-state index contributed by atoms with van der Waals surface area (Å²) in [4.78, 5) is 2.49. The van der Waals surface area contributed by atoms with E-state index in [1.807, 2.05) is 0 Å². The number of alkyl halides is 2. The average Bonchev–Trinajstić information content (AvgIpc) is 2.35. The van der Waals surface area contributed by atoms with Gasteiger partial charge in [0.2, 0.25) is 0 Å². The maximum atomic E-state index is 12.5. The number of nitrogens with zero attached hydrogens (tertiary/aromatic N) is 3. The first-order chi connectivity index (χ1) is 7.72. The Bertz CT molecular complexity index is 378. The third-order valence-electron chi connectivity index (χ3n) is 2.20. The van der Waals surface area contributed by atoms with Crippen molar-refractivity contribution in [2.24, 2.45) is 5.11 Å². The molecule has 0 radical (unpaired) electrons. The van der Waals surface area contributed by atoms with Crippen molar-refractivity contribution >= 4 is 11.6 Å². The van der Waals surface area contributed by atoms with E-state index in [9.17, 15) is 9.50 Å². The second-order valence-electron chi connectivity index (χ2n) is 3.25. The molecule has 0 aliphatic rings. The van der Waals surface area contributed by atoms with Crippen LogP contribution in [0, 0.1) is 0 Å². The van der Waals surface area contributed by atoms with E-state index in [-0.39, 0.29) is 0 Å². The van der Waals surface area contributed by atoms with Crippen LogP contribution < -0.4 is 0 Å². The second-order valence-corrected chi connectivity index (χ2v) is 3.51. The monoisotopic (exact) mass is 243 g/mol. The SMILES string of the molecule is [N-]=[N+]=N[C@H](CF)[C@H](O)c1ccc(CCl)cc1. The number of aliphatic hydroxyl groups excluding tert-OH is 1. The van der Waals surface area contributed by atoms with Crippen LogP contribution in [0.5, 0.6) is 0 Å². The van der Waals surface area contributed by atoms with Gasteiger partial charge >= 0.3 is 0 Å². The molecule has 0 spiro atoms. The summed E-state index contributed by atoms with van der Waals surface area (Å²) in [5.74, 6) is 0.374. The van der Waals surface area contributed by atoms with Gasteiger partial charge in [-0.25, -0.2) is 0 Å². The fourth-order valence-electron chi connectivity index (χ4n) is 1.27. The van der Waals surface area contributed by atoms with Crippen LogP contribution in [-0.2, 0) is 5.88 Å². The lowest BCUT2D eigenvalue weighted by molar-refractivity contribution is 0.132. The number of benzene rings is 1. The molecular weight excluding hydrogens is 233 g/mol. The van der Waals surface area contributed by atoms with Crippen LogP contribution in [0.15, 0.2) is 29.4 Å². The van der Waals surface area contributed by atoms with Crippen LogP contribution in [0.25, 0.3) is 10.4 Å². The number of halogens is 2. The van der Waals surface area contributed by atoms with Crippen molar-refractivity contribution in [3.8, 4) is 0 Å². The quantitative estimate of drug-likeness (QED) is 0.367. The van der Waals surface area contributed by atoms with E-state index in [0.29, 0.717) is 11.4 Å². The largest absolute Gasteiger partial charge is 0.388 e. The third-order valence-corrected chi connectivity index (χ3v) is 2.51. The van der Waals surface area contributed by atoms with E-state index in [0.717, 1.165) is 5.56 Å². The molecule has 0 amide bonds. The fourth-order valence-corrected chi connectivity index (χ4v) is 1.45. The summed E-state index contributed by atoms with van der Waals surface area (Å²) in [6, 6.07) is 5.65. The molecule has 0 fully saturated rings. The smallest absolute Gasteiger partial charge is 0.101 e. The van der Waals surface area contributed by atoms with Crippen molar-refractivity contribution in [2.45, 2.75) is 18.0 Å². The molecule has 0 aliphatic carbocycles. The zero-order valence-electron chi connectivity index (χ0n) is 8.42. The van der Waals surface area contributed by atoms with E-state index in [1.54, 1.807) is 24.3 Å². The first-order valence-electron chi connectivity index (χ1n) is 4.66. The molecule has 16 heavy (non-hydrogen) atoms. The standard InChI is InChI=1S/C10H11ClFN3O/c11-5-7-1-3-8(4-2-7)10(16)9(6-12)14-15-13/h1-4,9-10,16H,5-6H2/t9-,10-/m1/s1. The summed E-state index contributed by atoms with van der Waals surface area (Å²) in [6.45, 7) is -0.900. The van der Waals surface area contributed by atoms with Crippen molar-refractivity contribution in [3.63, 3.8) is 0 Å². The molecule has 0 heterocycles. The van der Waals surface area contributed by atoms with Crippen LogP contribution in [0.2, 0.25) is 0 Å². The minimum absolute atomic E-state index is 0.374. The normalized spacial score (nSPS) is 13.9. The van der Waals surface area contributed by atoms with Gasteiger partial charge in [-0.1, -0.05) is 29.4 Å². The molecule has 0 bridgehead atoms. The van der Waals surface area contributed by atoms with Crippen LogP contribution in [0.3, 0.4) is 0 Å². The number of hydrogen-bond acceptors (Lipinski definition) is 2.